The van der Waals surface area contributed by atoms with E-state index in [2.05, 4.69) is 10.1 Å². The van der Waals surface area contributed by atoms with Gasteiger partial charge in [0.25, 0.3) is 0 Å². The molecule has 3 rings (SSSR count). The van der Waals surface area contributed by atoms with Crippen molar-refractivity contribution in [2.24, 2.45) is 5.73 Å². The second-order valence-electron chi connectivity index (χ2n) is 5.57. The van der Waals surface area contributed by atoms with E-state index in [0.717, 1.165) is 16.8 Å². The molecule has 0 saturated carbocycles. The van der Waals surface area contributed by atoms with E-state index < -0.39 is 11.9 Å². The lowest BCUT2D eigenvalue weighted by Crippen LogP contribution is -2.28. The first-order valence-electron chi connectivity index (χ1n) is 7.42. The summed E-state index contributed by atoms with van der Waals surface area (Å²) in [7, 11) is 1.34. The maximum absolute atomic E-state index is 12.1. The molecule has 1 aliphatic rings. The number of rotatable bonds is 4. The van der Waals surface area contributed by atoms with Crippen LogP contribution in [0, 0.1) is 0 Å². The number of benzene rings is 2. The molecule has 0 spiro atoms. The summed E-state index contributed by atoms with van der Waals surface area (Å²) >= 11 is 0. The van der Waals surface area contributed by atoms with E-state index in [9.17, 15) is 9.59 Å². The van der Waals surface area contributed by atoms with Gasteiger partial charge in [0.2, 0.25) is 5.91 Å². The van der Waals surface area contributed by atoms with Crippen molar-refractivity contribution in [1.29, 1.82) is 0 Å². The highest BCUT2D eigenvalue weighted by Gasteiger charge is 2.34. The highest BCUT2D eigenvalue weighted by atomic mass is 16.5. The second-order valence-corrected chi connectivity index (χ2v) is 5.57. The van der Waals surface area contributed by atoms with Crippen LogP contribution in [0.15, 0.2) is 48.5 Å². The van der Waals surface area contributed by atoms with Gasteiger partial charge in [-0.2, -0.15) is 0 Å². The van der Waals surface area contributed by atoms with Gasteiger partial charge < -0.3 is 15.8 Å². The Hall–Kier alpha value is -2.82. The monoisotopic (exact) mass is 310 g/mol. The van der Waals surface area contributed by atoms with Crippen LogP contribution < -0.4 is 11.1 Å². The molecule has 1 aliphatic heterocycles. The lowest BCUT2D eigenvalue weighted by molar-refractivity contribution is -0.119. The summed E-state index contributed by atoms with van der Waals surface area (Å²) in [4.78, 5) is 23.6. The first-order chi connectivity index (χ1) is 11.1. The van der Waals surface area contributed by atoms with E-state index in [0.29, 0.717) is 12.1 Å². The number of carbonyl (C=O) groups is 2. The number of hydrogen-bond donors (Lipinski definition) is 2. The molecule has 118 valence electrons. The summed E-state index contributed by atoms with van der Waals surface area (Å²) in [5.41, 5.74) is 9.05. The number of para-hydroxylation sites is 1. The quantitative estimate of drug-likeness (QED) is 0.849. The van der Waals surface area contributed by atoms with Crippen molar-refractivity contribution in [3.63, 3.8) is 0 Å². The van der Waals surface area contributed by atoms with Gasteiger partial charge in [0.1, 0.15) is 0 Å². The van der Waals surface area contributed by atoms with Crippen molar-refractivity contribution in [3.05, 3.63) is 65.2 Å². The van der Waals surface area contributed by atoms with Crippen molar-refractivity contribution < 1.29 is 14.3 Å². The Balaban J connectivity index is 1.94. The third-order valence-electron chi connectivity index (χ3n) is 4.27. The number of fused-ring (bicyclic) bond motifs is 1. The summed E-state index contributed by atoms with van der Waals surface area (Å²) in [6, 6.07) is 14.8. The van der Waals surface area contributed by atoms with Crippen LogP contribution in [0.3, 0.4) is 0 Å². The summed E-state index contributed by atoms with van der Waals surface area (Å²) < 4.78 is 4.69. The minimum absolute atomic E-state index is 0.0207. The Bertz CT molecular complexity index is 740. The number of hydrogen-bond acceptors (Lipinski definition) is 4. The first-order valence-corrected chi connectivity index (χ1v) is 7.42. The molecule has 0 radical (unpaired) electrons. The lowest BCUT2D eigenvalue weighted by atomic mass is 9.82. The number of primary amides is 1. The second kappa shape index (κ2) is 6.12. The number of methoxy groups -OCH3 is 1. The van der Waals surface area contributed by atoms with Gasteiger partial charge in [0.15, 0.2) is 0 Å². The molecule has 5 heteroatoms. The third kappa shape index (κ3) is 2.77. The minimum atomic E-state index is -0.446. The van der Waals surface area contributed by atoms with Gasteiger partial charge >= 0.3 is 5.97 Å². The first kappa shape index (κ1) is 15.1. The van der Waals surface area contributed by atoms with Crippen LogP contribution in [0.5, 0.6) is 0 Å². The number of ether oxygens (including phenoxy) is 1. The molecule has 5 nitrogen and oxygen atoms in total. The van der Waals surface area contributed by atoms with Crippen molar-refractivity contribution in [2.75, 3.05) is 19.0 Å². The predicted molar refractivity (Wildman–Crippen MR) is 87.4 cm³/mol. The molecule has 0 bridgehead atoms. The van der Waals surface area contributed by atoms with Gasteiger partial charge in [-0.1, -0.05) is 30.3 Å². The van der Waals surface area contributed by atoms with Crippen molar-refractivity contribution in [2.45, 2.75) is 11.8 Å². The molecule has 3 N–H and O–H groups in total. The molecule has 0 saturated heterocycles. The average Bonchev–Trinajstić information content (AvgIpc) is 2.99. The SMILES string of the molecule is COC(=O)c1ccc(C(C(N)=O)C2CNc3ccccc32)cc1. The van der Waals surface area contributed by atoms with Gasteiger partial charge in [-0.15, -0.1) is 0 Å². The Morgan fingerprint density at radius 3 is 2.52 bits per heavy atom. The van der Waals surface area contributed by atoms with Crippen LogP contribution in [0.2, 0.25) is 0 Å². The van der Waals surface area contributed by atoms with E-state index in [1.807, 2.05) is 24.3 Å². The smallest absolute Gasteiger partial charge is 0.337 e. The van der Waals surface area contributed by atoms with E-state index >= 15 is 0 Å². The zero-order valence-corrected chi connectivity index (χ0v) is 12.8. The van der Waals surface area contributed by atoms with Gasteiger partial charge in [0, 0.05) is 18.2 Å². The molecule has 2 aromatic rings. The van der Waals surface area contributed by atoms with Crippen molar-refractivity contribution in [1.82, 2.24) is 0 Å². The number of anilines is 1. The van der Waals surface area contributed by atoms with Crippen LogP contribution in [-0.4, -0.2) is 25.5 Å². The zero-order chi connectivity index (χ0) is 16.4. The summed E-state index contributed by atoms with van der Waals surface area (Å²) in [5, 5.41) is 3.31. The Morgan fingerprint density at radius 1 is 1.17 bits per heavy atom. The van der Waals surface area contributed by atoms with Crippen LogP contribution >= 0.6 is 0 Å². The van der Waals surface area contributed by atoms with Crippen LogP contribution in [0.25, 0.3) is 0 Å². The van der Waals surface area contributed by atoms with E-state index in [1.165, 1.54) is 7.11 Å². The Labute approximate surface area is 134 Å². The molecule has 2 atom stereocenters. The van der Waals surface area contributed by atoms with Crippen LogP contribution in [0.1, 0.15) is 33.3 Å². The number of nitrogens with one attached hydrogen (secondary N) is 1. The molecule has 2 aromatic carbocycles. The lowest BCUT2D eigenvalue weighted by Gasteiger charge is -2.21. The number of carbonyl (C=O) groups excluding carboxylic acids is 2. The molecular formula is C18H18N2O3. The molecule has 23 heavy (non-hydrogen) atoms. The van der Waals surface area contributed by atoms with Crippen molar-refractivity contribution in [3.8, 4) is 0 Å². The number of esters is 1. The van der Waals surface area contributed by atoms with E-state index in [-0.39, 0.29) is 11.8 Å². The van der Waals surface area contributed by atoms with E-state index in [4.69, 9.17) is 5.73 Å². The van der Waals surface area contributed by atoms with Gasteiger partial charge in [-0.25, -0.2) is 4.79 Å². The number of nitrogens with two attached hydrogens (primary N) is 1. The molecule has 1 heterocycles. The molecule has 0 aromatic heterocycles. The largest absolute Gasteiger partial charge is 0.465 e. The molecule has 1 amide bonds. The fourth-order valence-corrected chi connectivity index (χ4v) is 3.15. The highest BCUT2D eigenvalue weighted by Crippen LogP contribution is 2.40. The molecule has 2 unspecified atom stereocenters. The van der Waals surface area contributed by atoms with Gasteiger partial charge in [-0.3, -0.25) is 4.79 Å². The average molecular weight is 310 g/mol. The minimum Gasteiger partial charge on any atom is -0.465 e. The van der Waals surface area contributed by atoms with E-state index in [1.54, 1.807) is 24.3 Å². The van der Waals surface area contributed by atoms with Crippen molar-refractivity contribution >= 4 is 17.6 Å². The Morgan fingerprint density at radius 2 is 1.87 bits per heavy atom. The zero-order valence-electron chi connectivity index (χ0n) is 12.8. The highest BCUT2D eigenvalue weighted by molar-refractivity contribution is 5.90. The summed E-state index contributed by atoms with van der Waals surface area (Å²) in [6.07, 6.45) is 0. The summed E-state index contributed by atoms with van der Waals surface area (Å²) in [5.74, 6) is -1.25. The topological polar surface area (TPSA) is 81.4 Å². The fraction of sp³-hybridized carbons (Fsp3) is 0.222. The molecule has 0 fully saturated rings. The standard InChI is InChI=1S/C18H18N2O3/c1-23-18(22)12-8-6-11(7-9-12)16(17(19)21)14-10-20-15-5-3-2-4-13(14)15/h2-9,14,16,20H,10H2,1H3,(H2,19,21). The maximum atomic E-state index is 12.1. The fourth-order valence-electron chi connectivity index (χ4n) is 3.15. The summed E-state index contributed by atoms with van der Waals surface area (Å²) in [6.45, 7) is 0.658. The predicted octanol–water partition coefficient (Wildman–Crippen LogP) is 2.25. The number of amides is 1. The third-order valence-corrected chi connectivity index (χ3v) is 4.27. The van der Waals surface area contributed by atoms with Crippen LogP contribution in [-0.2, 0) is 9.53 Å². The maximum Gasteiger partial charge on any atom is 0.337 e. The van der Waals surface area contributed by atoms with Gasteiger partial charge in [-0.05, 0) is 29.3 Å². The normalized spacial score (nSPS) is 17.0. The Kier molecular flexibility index (Phi) is 4.02. The molecule has 0 aliphatic carbocycles. The molecular weight excluding hydrogens is 292 g/mol. The van der Waals surface area contributed by atoms with Crippen LogP contribution in [0.4, 0.5) is 5.69 Å². The van der Waals surface area contributed by atoms with Gasteiger partial charge in [0.05, 0.1) is 18.6 Å².